The number of nitrogens with one attached hydrogen (secondary N) is 2. The smallest absolute Gasteiger partial charge is 0.214 e. The second-order valence-electron chi connectivity index (χ2n) is 6.32. The Morgan fingerprint density at radius 2 is 1.73 bits per heavy atom. The van der Waals surface area contributed by atoms with E-state index in [4.69, 9.17) is 0 Å². The van der Waals surface area contributed by atoms with Crippen molar-refractivity contribution in [2.24, 2.45) is 5.92 Å². The van der Waals surface area contributed by atoms with Gasteiger partial charge in [-0.15, -0.1) is 0 Å². The Morgan fingerprint density at radius 3 is 2.27 bits per heavy atom. The third kappa shape index (κ3) is 5.38. The average Bonchev–Trinajstić information content (AvgIpc) is 2.48. The fourth-order valence-electron chi connectivity index (χ4n) is 2.68. The summed E-state index contributed by atoms with van der Waals surface area (Å²) in [4.78, 5) is 0. The van der Waals surface area contributed by atoms with E-state index in [2.05, 4.69) is 56.9 Å². The monoisotopic (exact) mass is 436 g/mol. The SMILES string of the molecule is CC(C)S(=O)(=O)NC1CCC(CNc2ccc(I)cc2)CC1. The lowest BCUT2D eigenvalue weighted by Crippen LogP contribution is -2.41. The van der Waals surface area contributed by atoms with Crippen molar-refractivity contribution in [1.82, 2.24) is 4.72 Å². The largest absolute Gasteiger partial charge is 0.385 e. The molecule has 1 aromatic rings. The van der Waals surface area contributed by atoms with Crippen LogP contribution in [0.15, 0.2) is 24.3 Å². The van der Waals surface area contributed by atoms with Crippen LogP contribution in [0.3, 0.4) is 0 Å². The molecule has 1 aliphatic carbocycles. The summed E-state index contributed by atoms with van der Waals surface area (Å²) in [5, 5.41) is 3.13. The highest BCUT2D eigenvalue weighted by atomic mass is 127. The minimum absolute atomic E-state index is 0.113. The highest BCUT2D eigenvalue weighted by molar-refractivity contribution is 14.1. The molecule has 0 aliphatic heterocycles. The first kappa shape index (κ1) is 18.0. The van der Waals surface area contributed by atoms with E-state index in [1.54, 1.807) is 13.8 Å². The van der Waals surface area contributed by atoms with Gasteiger partial charge in [-0.05, 0) is 92.3 Å². The van der Waals surface area contributed by atoms with Crippen molar-refractivity contribution in [3.63, 3.8) is 0 Å². The molecular weight excluding hydrogens is 411 g/mol. The predicted octanol–water partition coefficient (Wildman–Crippen LogP) is 3.59. The van der Waals surface area contributed by atoms with Crippen molar-refractivity contribution < 1.29 is 8.42 Å². The van der Waals surface area contributed by atoms with E-state index >= 15 is 0 Å². The molecule has 22 heavy (non-hydrogen) atoms. The zero-order valence-electron chi connectivity index (χ0n) is 13.2. The molecule has 2 rings (SSSR count). The number of benzene rings is 1. The maximum atomic E-state index is 11.9. The lowest BCUT2D eigenvalue weighted by atomic mass is 9.86. The van der Waals surface area contributed by atoms with Gasteiger partial charge in [0.15, 0.2) is 0 Å². The summed E-state index contributed by atoms with van der Waals surface area (Å²) in [6, 6.07) is 8.51. The molecule has 0 saturated heterocycles. The number of halogens is 1. The molecule has 0 radical (unpaired) electrons. The number of rotatable bonds is 6. The highest BCUT2D eigenvalue weighted by Gasteiger charge is 2.26. The van der Waals surface area contributed by atoms with Gasteiger partial charge in [0.1, 0.15) is 0 Å². The Hall–Kier alpha value is -0.340. The van der Waals surface area contributed by atoms with E-state index in [0.717, 1.165) is 37.9 Å². The van der Waals surface area contributed by atoms with Gasteiger partial charge in [0.05, 0.1) is 5.25 Å². The van der Waals surface area contributed by atoms with Gasteiger partial charge < -0.3 is 5.32 Å². The van der Waals surface area contributed by atoms with Crippen LogP contribution in [0.5, 0.6) is 0 Å². The minimum Gasteiger partial charge on any atom is -0.385 e. The van der Waals surface area contributed by atoms with E-state index in [1.807, 2.05) is 0 Å². The molecule has 1 aliphatic rings. The van der Waals surface area contributed by atoms with Gasteiger partial charge >= 0.3 is 0 Å². The molecule has 0 amide bonds. The van der Waals surface area contributed by atoms with Gasteiger partial charge in [0, 0.05) is 21.8 Å². The predicted molar refractivity (Wildman–Crippen MR) is 101 cm³/mol. The summed E-state index contributed by atoms with van der Waals surface area (Å²) >= 11 is 2.30. The summed E-state index contributed by atoms with van der Waals surface area (Å²) in [6.45, 7) is 4.40. The first-order chi connectivity index (χ1) is 10.4. The van der Waals surface area contributed by atoms with E-state index in [9.17, 15) is 8.42 Å². The van der Waals surface area contributed by atoms with Crippen molar-refractivity contribution in [3.8, 4) is 0 Å². The van der Waals surface area contributed by atoms with Crippen LogP contribution in [-0.2, 0) is 10.0 Å². The molecule has 1 aromatic carbocycles. The lowest BCUT2D eigenvalue weighted by Gasteiger charge is -2.29. The van der Waals surface area contributed by atoms with Crippen molar-refractivity contribution in [1.29, 1.82) is 0 Å². The average molecular weight is 436 g/mol. The second kappa shape index (κ2) is 7.97. The van der Waals surface area contributed by atoms with Gasteiger partial charge in [0.2, 0.25) is 10.0 Å². The summed E-state index contributed by atoms with van der Waals surface area (Å²) in [6.07, 6.45) is 4.02. The summed E-state index contributed by atoms with van der Waals surface area (Å²) in [5.41, 5.74) is 1.16. The molecule has 124 valence electrons. The normalized spacial score (nSPS) is 22.7. The first-order valence-electron chi connectivity index (χ1n) is 7.87. The van der Waals surface area contributed by atoms with Crippen molar-refractivity contribution >= 4 is 38.3 Å². The highest BCUT2D eigenvalue weighted by Crippen LogP contribution is 2.25. The number of hydrogen-bond acceptors (Lipinski definition) is 3. The first-order valence-corrected chi connectivity index (χ1v) is 10.5. The molecular formula is C16H25IN2O2S. The fraction of sp³-hybridized carbons (Fsp3) is 0.625. The van der Waals surface area contributed by atoms with Crippen LogP contribution in [0, 0.1) is 9.49 Å². The molecule has 0 unspecified atom stereocenters. The van der Waals surface area contributed by atoms with Crippen molar-refractivity contribution in [3.05, 3.63) is 27.8 Å². The standard InChI is InChI=1S/C16H25IN2O2S/c1-12(2)22(20,21)19-16-7-3-13(4-8-16)11-18-15-9-5-14(17)6-10-15/h5-6,9-10,12-13,16,18-19H,3-4,7-8,11H2,1-2H3. The van der Waals surface area contributed by atoms with E-state index in [0.29, 0.717) is 5.92 Å². The Bertz CT molecular complexity index is 564. The molecule has 2 N–H and O–H groups in total. The molecule has 0 atom stereocenters. The number of hydrogen-bond donors (Lipinski definition) is 2. The van der Waals surface area contributed by atoms with Gasteiger partial charge in [-0.1, -0.05) is 0 Å². The zero-order valence-corrected chi connectivity index (χ0v) is 16.2. The molecule has 4 nitrogen and oxygen atoms in total. The molecule has 0 aromatic heterocycles. The molecule has 0 heterocycles. The minimum atomic E-state index is -3.14. The van der Waals surface area contributed by atoms with Gasteiger partial charge in [-0.25, -0.2) is 13.1 Å². The van der Waals surface area contributed by atoms with Crippen molar-refractivity contribution in [2.45, 2.75) is 50.8 Å². The number of anilines is 1. The Kier molecular flexibility index (Phi) is 6.52. The lowest BCUT2D eigenvalue weighted by molar-refractivity contribution is 0.323. The van der Waals surface area contributed by atoms with Gasteiger partial charge in [-0.3, -0.25) is 0 Å². The molecule has 1 fully saturated rings. The zero-order chi connectivity index (χ0) is 16.2. The third-order valence-corrected chi connectivity index (χ3v) is 6.86. The molecule has 6 heteroatoms. The second-order valence-corrected chi connectivity index (χ2v) is 9.83. The van der Waals surface area contributed by atoms with Crippen molar-refractivity contribution in [2.75, 3.05) is 11.9 Å². The van der Waals surface area contributed by atoms with Crippen LogP contribution in [0.2, 0.25) is 0 Å². The van der Waals surface area contributed by atoms with Gasteiger partial charge in [0.25, 0.3) is 0 Å². The summed E-state index contributed by atoms with van der Waals surface area (Å²) in [7, 11) is -3.14. The Morgan fingerprint density at radius 1 is 1.14 bits per heavy atom. The summed E-state index contributed by atoms with van der Waals surface area (Å²) in [5.74, 6) is 0.624. The third-order valence-electron chi connectivity index (χ3n) is 4.24. The van der Waals surface area contributed by atoms with Crippen LogP contribution < -0.4 is 10.0 Å². The molecule has 1 saturated carbocycles. The summed E-state index contributed by atoms with van der Waals surface area (Å²) < 4.78 is 27.9. The van der Waals surface area contributed by atoms with Crippen LogP contribution >= 0.6 is 22.6 Å². The van der Waals surface area contributed by atoms with Crippen LogP contribution in [0.25, 0.3) is 0 Å². The molecule has 0 bridgehead atoms. The topological polar surface area (TPSA) is 58.2 Å². The maximum Gasteiger partial charge on any atom is 0.214 e. The van der Waals surface area contributed by atoms with Gasteiger partial charge in [-0.2, -0.15) is 0 Å². The van der Waals surface area contributed by atoms with E-state index in [1.165, 1.54) is 3.57 Å². The van der Waals surface area contributed by atoms with Crippen LogP contribution in [-0.4, -0.2) is 26.3 Å². The molecule has 0 spiro atoms. The fourth-order valence-corrected chi connectivity index (χ4v) is 4.01. The Balaban J connectivity index is 1.74. The maximum absolute atomic E-state index is 11.9. The quantitative estimate of drug-likeness (QED) is 0.671. The Labute approximate surface area is 147 Å². The van der Waals surface area contributed by atoms with E-state index < -0.39 is 10.0 Å². The van der Waals surface area contributed by atoms with E-state index in [-0.39, 0.29) is 11.3 Å². The van der Waals surface area contributed by atoms with Crippen LogP contribution in [0.1, 0.15) is 39.5 Å². The van der Waals surface area contributed by atoms with Crippen LogP contribution in [0.4, 0.5) is 5.69 Å². The number of sulfonamides is 1.